The molecule has 1 atom stereocenters. The van der Waals surface area contributed by atoms with Crippen molar-refractivity contribution in [1.29, 1.82) is 0 Å². The van der Waals surface area contributed by atoms with Gasteiger partial charge in [-0.3, -0.25) is 4.79 Å². The largest absolute Gasteiger partial charge is 0.327 e. The van der Waals surface area contributed by atoms with Crippen LogP contribution in [0, 0.1) is 6.92 Å². The van der Waals surface area contributed by atoms with Crippen molar-refractivity contribution in [2.45, 2.75) is 19.4 Å². The van der Waals surface area contributed by atoms with Gasteiger partial charge in [-0.1, -0.05) is 72.3 Å². The molecule has 4 rings (SSSR count). The van der Waals surface area contributed by atoms with E-state index in [2.05, 4.69) is 55.5 Å². The first-order valence-corrected chi connectivity index (χ1v) is 8.74. The van der Waals surface area contributed by atoms with Gasteiger partial charge in [-0.05, 0) is 42.2 Å². The second-order valence-corrected chi connectivity index (χ2v) is 6.63. The van der Waals surface area contributed by atoms with E-state index in [1.807, 2.05) is 35.2 Å². The topological polar surface area (TPSA) is 20.3 Å². The number of nitrogens with zero attached hydrogens (tertiary/aromatic N) is 1. The van der Waals surface area contributed by atoms with Crippen molar-refractivity contribution in [3.05, 3.63) is 107 Å². The molecule has 2 heteroatoms. The van der Waals surface area contributed by atoms with E-state index in [0.717, 1.165) is 18.5 Å². The highest BCUT2D eigenvalue weighted by Gasteiger charge is 2.32. The highest BCUT2D eigenvalue weighted by Crippen LogP contribution is 2.36. The quantitative estimate of drug-likeness (QED) is 0.663. The fourth-order valence-electron chi connectivity index (χ4n) is 3.64. The summed E-state index contributed by atoms with van der Waals surface area (Å²) >= 11 is 0. The molecule has 0 spiro atoms. The zero-order valence-electron chi connectivity index (χ0n) is 14.4. The molecule has 124 valence electrons. The summed E-state index contributed by atoms with van der Waals surface area (Å²) in [6.45, 7) is 2.83. The van der Waals surface area contributed by atoms with Gasteiger partial charge in [0.05, 0.1) is 6.04 Å². The van der Waals surface area contributed by atoms with Crippen LogP contribution in [0.4, 0.5) is 0 Å². The number of hydrogen-bond acceptors (Lipinski definition) is 1. The number of carbonyl (C=O) groups excluding carboxylic acids is 1. The van der Waals surface area contributed by atoms with E-state index in [4.69, 9.17) is 0 Å². The summed E-state index contributed by atoms with van der Waals surface area (Å²) < 4.78 is 0. The zero-order chi connectivity index (χ0) is 17.2. The van der Waals surface area contributed by atoms with Gasteiger partial charge >= 0.3 is 0 Å². The summed E-state index contributed by atoms with van der Waals surface area (Å²) in [7, 11) is 0. The Morgan fingerprint density at radius 1 is 0.880 bits per heavy atom. The lowest BCUT2D eigenvalue weighted by Crippen LogP contribution is -2.40. The van der Waals surface area contributed by atoms with Crippen LogP contribution in [0.25, 0.3) is 0 Å². The van der Waals surface area contributed by atoms with Crippen molar-refractivity contribution in [3.63, 3.8) is 0 Å². The summed E-state index contributed by atoms with van der Waals surface area (Å²) in [5.41, 5.74) is 5.72. The van der Waals surface area contributed by atoms with Crippen LogP contribution in [0.3, 0.4) is 0 Å². The Morgan fingerprint density at radius 3 is 2.32 bits per heavy atom. The van der Waals surface area contributed by atoms with Gasteiger partial charge in [0.25, 0.3) is 5.91 Å². The van der Waals surface area contributed by atoms with Crippen molar-refractivity contribution < 1.29 is 4.79 Å². The fourth-order valence-corrected chi connectivity index (χ4v) is 3.64. The molecule has 0 saturated heterocycles. The van der Waals surface area contributed by atoms with Gasteiger partial charge in [-0.25, -0.2) is 0 Å². The highest BCUT2D eigenvalue weighted by atomic mass is 16.2. The normalized spacial score (nSPS) is 16.4. The van der Waals surface area contributed by atoms with E-state index >= 15 is 0 Å². The molecule has 1 amide bonds. The fraction of sp³-hybridized carbons (Fsp3) is 0.174. The van der Waals surface area contributed by atoms with E-state index in [1.165, 1.54) is 22.3 Å². The molecule has 0 bridgehead atoms. The maximum atomic E-state index is 13.2. The van der Waals surface area contributed by atoms with Gasteiger partial charge in [0.15, 0.2) is 0 Å². The minimum absolute atomic E-state index is 0.0294. The van der Waals surface area contributed by atoms with Crippen molar-refractivity contribution in [1.82, 2.24) is 4.90 Å². The zero-order valence-corrected chi connectivity index (χ0v) is 14.4. The van der Waals surface area contributed by atoms with Crippen LogP contribution in [-0.4, -0.2) is 17.4 Å². The SMILES string of the molecule is Cc1ccc(C2c3ccccc3CCN2C(=O)c2ccccc2)cc1. The maximum Gasteiger partial charge on any atom is 0.254 e. The van der Waals surface area contributed by atoms with Gasteiger partial charge < -0.3 is 4.90 Å². The Labute approximate surface area is 148 Å². The first-order valence-electron chi connectivity index (χ1n) is 8.74. The summed E-state index contributed by atoms with van der Waals surface area (Å²) in [4.78, 5) is 15.2. The second-order valence-electron chi connectivity index (χ2n) is 6.63. The predicted octanol–water partition coefficient (Wildman–Crippen LogP) is 4.78. The predicted molar refractivity (Wildman–Crippen MR) is 101 cm³/mol. The molecular formula is C23H21NO. The smallest absolute Gasteiger partial charge is 0.254 e. The number of fused-ring (bicyclic) bond motifs is 1. The van der Waals surface area contributed by atoms with Crippen LogP contribution in [0.1, 0.15) is 38.7 Å². The van der Waals surface area contributed by atoms with Gasteiger partial charge in [0, 0.05) is 12.1 Å². The summed E-state index contributed by atoms with van der Waals surface area (Å²) in [6.07, 6.45) is 0.900. The number of aryl methyl sites for hydroxylation is 1. The number of carbonyl (C=O) groups is 1. The maximum absolute atomic E-state index is 13.2. The van der Waals surface area contributed by atoms with E-state index in [9.17, 15) is 4.79 Å². The average molecular weight is 327 g/mol. The molecule has 0 saturated carbocycles. The van der Waals surface area contributed by atoms with Gasteiger partial charge in [0.2, 0.25) is 0 Å². The lowest BCUT2D eigenvalue weighted by atomic mass is 9.87. The van der Waals surface area contributed by atoms with Crippen molar-refractivity contribution in [3.8, 4) is 0 Å². The molecule has 0 aliphatic carbocycles. The van der Waals surface area contributed by atoms with Crippen LogP contribution < -0.4 is 0 Å². The number of rotatable bonds is 2. The van der Waals surface area contributed by atoms with Crippen molar-refractivity contribution >= 4 is 5.91 Å². The molecule has 0 fully saturated rings. The van der Waals surface area contributed by atoms with Gasteiger partial charge in [-0.15, -0.1) is 0 Å². The van der Waals surface area contributed by atoms with Crippen molar-refractivity contribution in [2.75, 3.05) is 6.54 Å². The van der Waals surface area contributed by atoms with Crippen LogP contribution >= 0.6 is 0 Å². The molecule has 1 aliphatic heterocycles. The van der Waals surface area contributed by atoms with Crippen LogP contribution in [0.5, 0.6) is 0 Å². The molecule has 2 nitrogen and oxygen atoms in total. The van der Waals surface area contributed by atoms with Gasteiger partial charge in [-0.2, -0.15) is 0 Å². The first kappa shape index (κ1) is 15.6. The molecule has 1 heterocycles. The third-order valence-electron chi connectivity index (χ3n) is 4.96. The number of amides is 1. The molecule has 3 aromatic rings. The standard InChI is InChI=1S/C23H21NO/c1-17-11-13-19(14-12-17)22-21-10-6-5-7-18(21)15-16-24(22)23(25)20-8-3-2-4-9-20/h2-14,22H,15-16H2,1H3. The Balaban J connectivity index is 1.80. The molecule has 1 unspecified atom stereocenters. The third-order valence-corrected chi connectivity index (χ3v) is 4.96. The second kappa shape index (κ2) is 6.56. The number of benzene rings is 3. The van der Waals surface area contributed by atoms with E-state index < -0.39 is 0 Å². The van der Waals surface area contributed by atoms with Gasteiger partial charge in [0.1, 0.15) is 0 Å². The highest BCUT2D eigenvalue weighted by molar-refractivity contribution is 5.95. The van der Waals surface area contributed by atoms with E-state index in [1.54, 1.807) is 0 Å². The monoisotopic (exact) mass is 327 g/mol. The summed E-state index contributed by atoms with van der Waals surface area (Å²) in [6, 6.07) is 26.6. The molecule has 0 aromatic heterocycles. The molecule has 0 radical (unpaired) electrons. The minimum Gasteiger partial charge on any atom is -0.327 e. The molecule has 1 aliphatic rings. The molecule has 0 N–H and O–H groups in total. The molecule has 25 heavy (non-hydrogen) atoms. The van der Waals surface area contributed by atoms with E-state index in [0.29, 0.717) is 0 Å². The summed E-state index contributed by atoms with van der Waals surface area (Å²) in [5.74, 6) is 0.0979. The lowest BCUT2D eigenvalue weighted by molar-refractivity contribution is 0.0694. The molecule has 3 aromatic carbocycles. The molecular weight excluding hydrogens is 306 g/mol. The third kappa shape index (κ3) is 2.96. The van der Waals surface area contributed by atoms with Crippen LogP contribution in [0.2, 0.25) is 0 Å². The lowest BCUT2D eigenvalue weighted by Gasteiger charge is -2.38. The Morgan fingerprint density at radius 2 is 1.56 bits per heavy atom. The summed E-state index contributed by atoms with van der Waals surface area (Å²) in [5, 5.41) is 0. The Kier molecular flexibility index (Phi) is 4.10. The van der Waals surface area contributed by atoms with Crippen LogP contribution in [-0.2, 0) is 6.42 Å². The minimum atomic E-state index is -0.0294. The Bertz CT molecular complexity index is 883. The number of hydrogen-bond donors (Lipinski definition) is 0. The van der Waals surface area contributed by atoms with Crippen molar-refractivity contribution in [2.24, 2.45) is 0 Å². The van der Waals surface area contributed by atoms with Crippen LogP contribution in [0.15, 0.2) is 78.9 Å². The first-order chi connectivity index (χ1) is 12.2. The van der Waals surface area contributed by atoms with E-state index in [-0.39, 0.29) is 11.9 Å². The Hall–Kier alpha value is -2.87. The average Bonchev–Trinajstić information content (AvgIpc) is 2.68.